The number of nitrogens with zero attached hydrogens (tertiary/aromatic N) is 4. The molecule has 2 aromatic rings. The first-order valence-corrected chi connectivity index (χ1v) is 6.92. The highest BCUT2D eigenvalue weighted by molar-refractivity contribution is 9.10. The van der Waals surface area contributed by atoms with Crippen LogP contribution in [0, 0.1) is 0 Å². The number of carbonyl (C=O) groups is 1. The van der Waals surface area contributed by atoms with Crippen LogP contribution in [0.3, 0.4) is 0 Å². The number of hydrogen-bond donors (Lipinski definition) is 0. The first-order valence-electron chi connectivity index (χ1n) is 6.12. The van der Waals surface area contributed by atoms with Gasteiger partial charge in [0.1, 0.15) is 5.69 Å². The number of rotatable bonds is 5. The van der Waals surface area contributed by atoms with Gasteiger partial charge in [0, 0.05) is 19.3 Å². The van der Waals surface area contributed by atoms with Crippen LogP contribution in [-0.2, 0) is 13.1 Å². The van der Waals surface area contributed by atoms with Gasteiger partial charge >= 0.3 is 0 Å². The summed E-state index contributed by atoms with van der Waals surface area (Å²) in [6.45, 7) is 5.44. The number of halogens is 1. The van der Waals surface area contributed by atoms with E-state index >= 15 is 0 Å². The molecule has 0 aliphatic rings. The summed E-state index contributed by atoms with van der Waals surface area (Å²) in [5.41, 5.74) is 1.34. The molecule has 19 heavy (non-hydrogen) atoms. The minimum absolute atomic E-state index is 0.0859. The predicted molar refractivity (Wildman–Crippen MR) is 76.9 cm³/mol. The van der Waals surface area contributed by atoms with E-state index in [-0.39, 0.29) is 5.78 Å². The molecule has 0 saturated heterocycles. The van der Waals surface area contributed by atoms with Crippen molar-refractivity contribution >= 4 is 27.8 Å². The molecule has 100 valence electrons. The van der Waals surface area contributed by atoms with Gasteiger partial charge in [0.2, 0.25) is 5.78 Å². The van der Waals surface area contributed by atoms with Gasteiger partial charge in [-0.05, 0) is 48.0 Å². The second kappa shape index (κ2) is 5.97. The zero-order chi connectivity index (χ0) is 13.8. The van der Waals surface area contributed by atoms with E-state index in [1.165, 1.54) is 6.08 Å². The van der Waals surface area contributed by atoms with Crippen LogP contribution in [0.5, 0.6) is 0 Å². The Balaban J connectivity index is 2.18. The quantitative estimate of drug-likeness (QED) is 0.628. The average Bonchev–Trinajstić information content (AvgIpc) is 3.02. The van der Waals surface area contributed by atoms with Crippen LogP contribution >= 0.6 is 15.9 Å². The van der Waals surface area contributed by atoms with Crippen molar-refractivity contribution in [2.24, 2.45) is 0 Å². The number of ketones is 1. The van der Waals surface area contributed by atoms with Gasteiger partial charge < -0.3 is 0 Å². The number of aryl methyl sites for hydroxylation is 2. The molecule has 0 N–H and O–H groups in total. The highest BCUT2D eigenvalue weighted by Gasteiger charge is 2.13. The smallest absolute Gasteiger partial charge is 0.205 e. The lowest BCUT2D eigenvalue weighted by atomic mass is 10.2. The second-order valence-corrected chi connectivity index (χ2v) is 4.81. The van der Waals surface area contributed by atoms with Crippen LogP contribution in [0.1, 0.15) is 30.0 Å². The van der Waals surface area contributed by atoms with Gasteiger partial charge in [0.15, 0.2) is 0 Å². The molecule has 0 fully saturated rings. The monoisotopic (exact) mass is 322 g/mol. The van der Waals surface area contributed by atoms with Gasteiger partial charge in [-0.1, -0.05) is 0 Å². The molecule has 0 aliphatic heterocycles. The Morgan fingerprint density at radius 2 is 2.21 bits per heavy atom. The van der Waals surface area contributed by atoms with Crippen molar-refractivity contribution in [2.45, 2.75) is 26.9 Å². The molecule has 2 rings (SSSR count). The molecule has 6 heteroatoms. The first kappa shape index (κ1) is 13.7. The Hall–Kier alpha value is -1.69. The molecule has 2 aromatic heterocycles. The Morgan fingerprint density at radius 3 is 2.84 bits per heavy atom. The molecule has 0 atom stereocenters. The summed E-state index contributed by atoms with van der Waals surface area (Å²) >= 11 is 3.34. The second-order valence-electron chi connectivity index (χ2n) is 3.95. The molecule has 0 radical (unpaired) electrons. The average molecular weight is 323 g/mol. The third-order valence-corrected chi connectivity index (χ3v) is 3.30. The third-order valence-electron chi connectivity index (χ3n) is 2.72. The molecule has 5 nitrogen and oxygen atoms in total. The van der Waals surface area contributed by atoms with E-state index < -0.39 is 0 Å². The molecule has 0 bridgehead atoms. The van der Waals surface area contributed by atoms with E-state index in [0.717, 1.165) is 12.2 Å². The van der Waals surface area contributed by atoms with Crippen LogP contribution < -0.4 is 0 Å². The lowest BCUT2D eigenvalue weighted by molar-refractivity contribution is 0.103. The molecule has 0 aromatic carbocycles. The fraction of sp³-hybridized carbons (Fsp3) is 0.308. The van der Waals surface area contributed by atoms with E-state index in [4.69, 9.17) is 0 Å². The first-order chi connectivity index (χ1) is 9.15. The minimum Gasteiger partial charge on any atom is -0.288 e. The molecule has 0 unspecified atom stereocenters. The number of carbonyl (C=O) groups excluding carboxylic acids is 1. The van der Waals surface area contributed by atoms with E-state index in [2.05, 4.69) is 26.1 Å². The fourth-order valence-corrected chi connectivity index (χ4v) is 2.22. The van der Waals surface area contributed by atoms with Gasteiger partial charge in [-0.2, -0.15) is 10.2 Å². The maximum absolute atomic E-state index is 12.1. The third kappa shape index (κ3) is 3.01. The Morgan fingerprint density at radius 1 is 1.42 bits per heavy atom. The summed E-state index contributed by atoms with van der Waals surface area (Å²) in [4.78, 5) is 12.1. The summed E-state index contributed by atoms with van der Waals surface area (Å²) in [5.74, 6) is -0.0859. The minimum atomic E-state index is -0.0859. The maximum atomic E-state index is 12.1. The molecule has 0 spiro atoms. The maximum Gasteiger partial charge on any atom is 0.205 e. The molecular weight excluding hydrogens is 308 g/mol. The van der Waals surface area contributed by atoms with E-state index in [0.29, 0.717) is 16.7 Å². The summed E-state index contributed by atoms with van der Waals surface area (Å²) in [5, 5.41) is 8.41. The van der Waals surface area contributed by atoms with Crippen molar-refractivity contribution < 1.29 is 4.79 Å². The van der Waals surface area contributed by atoms with Gasteiger partial charge in [0.05, 0.1) is 16.4 Å². The van der Waals surface area contributed by atoms with Crippen molar-refractivity contribution in [1.29, 1.82) is 0 Å². The SMILES string of the molecule is CCn1ccc(/C=C/C(=O)c2c(Br)cnn2CC)n1. The van der Waals surface area contributed by atoms with Crippen LogP contribution in [0.15, 0.2) is 29.0 Å². The highest BCUT2D eigenvalue weighted by Crippen LogP contribution is 2.17. The highest BCUT2D eigenvalue weighted by atomic mass is 79.9. The van der Waals surface area contributed by atoms with Crippen molar-refractivity contribution in [3.8, 4) is 0 Å². The molecular formula is C13H15BrN4O. The molecule has 0 saturated carbocycles. The Labute approximate surface area is 120 Å². The van der Waals surface area contributed by atoms with Crippen molar-refractivity contribution in [1.82, 2.24) is 19.6 Å². The number of hydrogen-bond acceptors (Lipinski definition) is 3. The summed E-state index contributed by atoms with van der Waals surface area (Å²) in [6.07, 6.45) is 6.76. The number of allylic oxidation sites excluding steroid dienone is 1. The number of aromatic nitrogens is 4. The normalized spacial score (nSPS) is 11.3. The van der Waals surface area contributed by atoms with Gasteiger partial charge in [0.25, 0.3) is 0 Å². The zero-order valence-electron chi connectivity index (χ0n) is 10.9. The molecule has 0 amide bonds. The molecule has 0 aliphatic carbocycles. The summed E-state index contributed by atoms with van der Waals surface area (Å²) in [7, 11) is 0. The van der Waals surface area contributed by atoms with E-state index in [1.54, 1.807) is 17.0 Å². The standard InChI is InChI=1S/C13H15BrN4O/c1-3-17-8-7-10(16-17)5-6-12(19)13-11(14)9-15-18(13)4-2/h5-9H,3-4H2,1-2H3/b6-5+. The summed E-state index contributed by atoms with van der Waals surface area (Å²) in [6, 6.07) is 1.87. The van der Waals surface area contributed by atoms with Crippen molar-refractivity contribution in [2.75, 3.05) is 0 Å². The van der Waals surface area contributed by atoms with Crippen molar-refractivity contribution in [3.05, 3.63) is 40.4 Å². The fourth-order valence-electron chi connectivity index (χ4n) is 1.73. The topological polar surface area (TPSA) is 52.7 Å². The van der Waals surface area contributed by atoms with Crippen LogP contribution in [0.4, 0.5) is 0 Å². The van der Waals surface area contributed by atoms with E-state index in [1.807, 2.05) is 30.8 Å². The van der Waals surface area contributed by atoms with Gasteiger partial charge in [-0.3, -0.25) is 14.2 Å². The Bertz CT molecular complexity index is 612. The van der Waals surface area contributed by atoms with Crippen molar-refractivity contribution in [3.63, 3.8) is 0 Å². The predicted octanol–water partition coefficient (Wildman–Crippen LogP) is 2.78. The molecule has 2 heterocycles. The van der Waals surface area contributed by atoms with Crippen LogP contribution in [-0.4, -0.2) is 25.3 Å². The van der Waals surface area contributed by atoms with Gasteiger partial charge in [-0.15, -0.1) is 0 Å². The lowest BCUT2D eigenvalue weighted by Gasteiger charge is -2.00. The van der Waals surface area contributed by atoms with E-state index in [9.17, 15) is 4.79 Å². The largest absolute Gasteiger partial charge is 0.288 e. The van der Waals surface area contributed by atoms with Crippen LogP contribution in [0.25, 0.3) is 6.08 Å². The Kier molecular flexibility index (Phi) is 4.31. The van der Waals surface area contributed by atoms with Crippen LogP contribution in [0.2, 0.25) is 0 Å². The zero-order valence-corrected chi connectivity index (χ0v) is 12.5. The van der Waals surface area contributed by atoms with Gasteiger partial charge in [-0.25, -0.2) is 0 Å². The lowest BCUT2D eigenvalue weighted by Crippen LogP contribution is -2.07. The summed E-state index contributed by atoms with van der Waals surface area (Å²) < 4.78 is 4.20.